The number of aliphatic hydroxyl groups is 1. The van der Waals surface area contributed by atoms with Crippen molar-refractivity contribution in [2.75, 3.05) is 4.90 Å². The van der Waals surface area contributed by atoms with Gasteiger partial charge < -0.3 is 5.11 Å². The van der Waals surface area contributed by atoms with Gasteiger partial charge in [-0.25, -0.2) is 0 Å². The number of anilines is 1. The highest BCUT2D eigenvalue weighted by Crippen LogP contribution is 2.44. The Hall–Kier alpha value is -3.87. The number of nitro groups is 1. The molecule has 1 N–H and O–H groups in total. The molecule has 1 atom stereocenters. The van der Waals surface area contributed by atoms with Crippen LogP contribution in [0.5, 0.6) is 0 Å². The number of nitro benzene ring substituents is 1. The van der Waals surface area contributed by atoms with Crippen LogP contribution in [-0.4, -0.2) is 31.9 Å². The topological polar surface area (TPSA) is 127 Å². The summed E-state index contributed by atoms with van der Waals surface area (Å²) in [5.41, 5.74) is 2.72. The van der Waals surface area contributed by atoms with Crippen LogP contribution in [-0.2, 0) is 15.3 Å². The lowest BCUT2D eigenvalue weighted by Crippen LogP contribution is -2.29. The molecule has 0 aliphatic carbocycles. The van der Waals surface area contributed by atoms with E-state index in [0.29, 0.717) is 21.2 Å². The highest BCUT2D eigenvalue weighted by molar-refractivity contribution is 9.10. The molecule has 0 bridgehead atoms. The van der Waals surface area contributed by atoms with Crippen LogP contribution in [0.15, 0.2) is 87.2 Å². The zero-order chi connectivity index (χ0) is 27.7. The molecule has 1 aliphatic rings. The summed E-state index contributed by atoms with van der Waals surface area (Å²) in [6.45, 7) is 2.01. The molecule has 1 unspecified atom stereocenters. The Morgan fingerprint density at radius 3 is 2.36 bits per heavy atom. The molecule has 1 saturated heterocycles. The number of hydrogen-bond donors (Lipinski definition) is 1. The fourth-order valence-corrected chi connectivity index (χ4v) is 6.16. The minimum Gasteiger partial charge on any atom is -0.507 e. The summed E-state index contributed by atoms with van der Waals surface area (Å²) in [5, 5.41) is 31.0. The first-order valence-corrected chi connectivity index (χ1v) is 14.2. The third kappa shape index (κ3) is 5.49. The largest absolute Gasteiger partial charge is 0.507 e. The van der Waals surface area contributed by atoms with Crippen LogP contribution >= 0.6 is 39.0 Å². The van der Waals surface area contributed by atoms with Crippen molar-refractivity contribution < 1.29 is 19.6 Å². The Kier molecular flexibility index (Phi) is 7.60. The molecule has 5 rings (SSSR count). The van der Waals surface area contributed by atoms with Crippen LogP contribution in [0, 0.1) is 17.0 Å². The van der Waals surface area contributed by atoms with E-state index in [-0.39, 0.29) is 22.2 Å². The van der Waals surface area contributed by atoms with Crippen LogP contribution in [0.25, 0.3) is 5.76 Å². The van der Waals surface area contributed by atoms with Crippen LogP contribution < -0.4 is 4.90 Å². The van der Waals surface area contributed by atoms with Gasteiger partial charge in [-0.05, 0) is 42.3 Å². The number of benzene rings is 3. The second-order valence-corrected chi connectivity index (χ2v) is 11.7. The summed E-state index contributed by atoms with van der Waals surface area (Å²) in [5.74, 6) is -1.47. The quantitative estimate of drug-likeness (QED) is 0.0475. The summed E-state index contributed by atoms with van der Waals surface area (Å²) in [4.78, 5) is 38.5. The van der Waals surface area contributed by atoms with Crippen molar-refractivity contribution in [2.45, 2.75) is 23.1 Å². The van der Waals surface area contributed by atoms with Gasteiger partial charge in [-0.2, -0.15) is 0 Å². The molecule has 1 fully saturated rings. The number of non-ortho nitro benzene ring substituents is 1. The maximum absolute atomic E-state index is 13.3. The maximum atomic E-state index is 13.3. The van der Waals surface area contributed by atoms with Gasteiger partial charge in [0.15, 0.2) is 4.34 Å². The van der Waals surface area contributed by atoms with Gasteiger partial charge in [0, 0.05) is 27.9 Å². The lowest BCUT2D eigenvalue weighted by molar-refractivity contribution is -0.384. The van der Waals surface area contributed by atoms with Gasteiger partial charge in [0.2, 0.25) is 5.13 Å². The minimum absolute atomic E-state index is 0.139. The number of carbonyl (C=O) groups excluding carboxylic acids is 2. The van der Waals surface area contributed by atoms with E-state index in [9.17, 15) is 24.8 Å². The van der Waals surface area contributed by atoms with Gasteiger partial charge in [0.25, 0.3) is 11.5 Å². The molecule has 12 heteroatoms. The number of ketones is 1. The number of aliphatic hydroxyl groups excluding tert-OH is 1. The van der Waals surface area contributed by atoms with E-state index < -0.39 is 22.7 Å². The van der Waals surface area contributed by atoms with Crippen LogP contribution in [0.3, 0.4) is 0 Å². The molecule has 3 aromatic carbocycles. The minimum atomic E-state index is -1.06. The summed E-state index contributed by atoms with van der Waals surface area (Å²) in [6.07, 6.45) is 0. The number of rotatable bonds is 7. The highest BCUT2D eigenvalue weighted by Gasteiger charge is 2.48. The molecule has 1 aromatic heterocycles. The Morgan fingerprint density at radius 1 is 1.05 bits per heavy atom. The number of aromatic nitrogens is 2. The molecule has 0 saturated carbocycles. The summed E-state index contributed by atoms with van der Waals surface area (Å²) >= 11 is 5.94. The zero-order valence-corrected chi connectivity index (χ0v) is 23.5. The molecule has 39 heavy (non-hydrogen) atoms. The van der Waals surface area contributed by atoms with Crippen molar-refractivity contribution in [1.29, 1.82) is 0 Å². The number of carbonyl (C=O) groups is 2. The molecule has 9 nitrogen and oxygen atoms in total. The smallest absolute Gasteiger partial charge is 0.301 e. The fourth-order valence-electron chi connectivity index (χ4n) is 4.07. The van der Waals surface area contributed by atoms with Crippen LogP contribution in [0.2, 0.25) is 0 Å². The predicted octanol–water partition coefficient (Wildman–Crippen LogP) is 6.44. The molecular weight excluding hydrogens is 604 g/mol. The lowest BCUT2D eigenvalue weighted by atomic mass is 9.95. The monoisotopic (exact) mass is 622 g/mol. The van der Waals surface area contributed by atoms with Crippen LogP contribution in [0.1, 0.15) is 28.3 Å². The van der Waals surface area contributed by atoms with Gasteiger partial charge in [-0.3, -0.25) is 24.6 Å². The number of thioether (sulfide) groups is 1. The normalized spacial score (nSPS) is 16.6. The second kappa shape index (κ2) is 11.1. The van der Waals surface area contributed by atoms with Crippen molar-refractivity contribution in [3.8, 4) is 0 Å². The van der Waals surface area contributed by atoms with Gasteiger partial charge in [0.1, 0.15) is 5.76 Å². The summed E-state index contributed by atoms with van der Waals surface area (Å²) in [6, 6.07) is 19.2. The number of hydrogen-bond acceptors (Lipinski definition) is 9. The molecule has 196 valence electrons. The van der Waals surface area contributed by atoms with Crippen molar-refractivity contribution in [3.63, 3.8) is 0 Å². The van der Waals surface area contributed by atoms with E-state index in [1.165, 1.54) is 40.9 Å². The van der Waals surface area contributed by atoms with E-state index in [2.05, 4.69) is 26.1 Å². The number of Topliss-reactive ketones (excluding diaryl/α,β-unsaturated/α-hetero) is 1. The Morgan fingerprint density at radius 2 is 1.72 bits per heavy atom. The average molecular weight is 624 g/mol. The van der Waals surface area contributed by atoms with Crippen molar-refractivity contribution in [3.05, 3.63) is 115 Å². The predicted molar refractivity (Wildman–Crippen MR) is 153 cm³/mol. The number of nitrogens with zero attached hydrogens (tertiary/aromatic N) is 4. The molecule has 2 heterocycles. The van der Waals surface area contributed by atoms with E-state index in [4.69, 9.17) is 0 Å². The second-order valence-electron chi connectivity index (χ2n) is 8.65. The Labute approximate surface area is 239 Å². The third-order valence-electron chi connectivity index (χ3n) is 6.07. The first kappa shape index (κ1) is 26.7. The SMILES string of the molecule is Cc1ccc(CSc2nnc(N3C(=O)C(=O)/C(=C(\O)c4ccc(Br)cc4)C3c3ccc([N+](=O)[O-])cc3)s2)cc1. The number of aryl methyl sites for hydroxylation is 1. The van der Waals surface area contributed by atoms with Gasteiger partial charge in [-0.15, -0.1) is 10.2 Å². The third-order valence-corrected chi connectivity index (χ3v) is 8.72. The van der Waals surface area contributed by atoms with E-state index in [0.717, 1.165) is 26.9 Å². The number of halogens is 1. The molecular formula is C27H19BrN4O5S2. The van der Waals surface area contributed by atoms with E-state index in [1.807, 2.05) is 31.2 Å². The lowest BCUT2D eigenvalue weighted by Gasteiger charge is -2.22. The highest BCUT2D eigenvalue weighted by atomic mass is 79.9. The number of amides is 1. The molecule has 4 aromatic rings. The summed E-state index contributed by atoms with van der Waals surface area (Å²) in [7, 11) is 0. The molecule has 1 amide bonds. The first-order valence-electron chi connectivity index (χ1n) is 11.6. The molecule has 0 spiro atoms. The van der Waals surface area contributed by atoms with Crippen LogP contribution in [0.4, 0.5) is 10.8 Å². The summed E-state index contributed by atoms with van der Waals surface area (Å²) < 4.78 is 1.37. The Balaban J connectivity index is 1.54. The van der Waals surface area contributed by atoms with Gasteiger partial charge >= 0.3 is 5.91 Å². The van der Waals surface area contributed by atoms with E-state index >= 15 is 0 Å². The van der Waals surface area contributed by atoms with Crippen molar-refractivity contribution in [2.24, 2.45) is 0 Å². The average Bonchev–Trinajstić information content (AvgIpc) is 3.50. The first-order chi connectivity index (χ1) is 18.7. The zero-order valence-electron chi connectivity index (χ0n) is 20.3. The standard InChI is InChI=1S/C27H19BrN4O5S2/c1-15-2-4-16(5-3-15)14-38-27-30-29-26(39-27)31-22(17-8-12-20(13-9-17)32(36)37)21(24(34)25(31)35)23(33)18-6-10-19(28)11-7-18/h2-13,22,33H,14H2,1H3/b23-21-. The van der Waals surface area contributed by atoms with Crippen molar-refractivity contribution >= 4 is 67.3 Å². The molecule has 1 aliphatic heterocycles. The van der Waals surface area contributed by atoms with Crippen molar-refractivity contribution in [1.82, 2.24) is 10.2 Å². The Bertz CT molecular complexity index is 1600. The van der Waals surface area contributed by atoms with E-state index in [1.54, 1.807) is 24.3 Å². The van der Waals surface area contributed by atoms with Gasteiger partial charge in [-0.1, -0.05) is 81.0 Å². The maximum Gasteiger partial charge on any atom is 0.301 e. The fraction of sp³-hybridized carbons (Fsp3) is 0.111. The van der Waals surface area contributed by atoms with Gasteiger partial charge in [0.05, 0.1) is 16.5 Å². The molecule has 0 radical (unpaired) electrons.